The number of aryl methyl sites for hydroxylation is 1. The molecule has 3 aromatic carbocycles. The van der Waals surface area contributed by atoms with Crippen LogP contribution in [0.2, 0.25) is 0 Å². The fourth-order valence-corrected chi connectivity index (χ4v) is 7.29. The number of para-hydroxylation sites is 1. The van der Waals surface area contributed by atoms with E-state index in [4.69, 9.17) is 0 Å². The van der Waals surface area contributed by atoms with Gasteiger partial charge in [0.1, 0.15) is 11.7 Å². The first kappa shape index (κ1) is 28.7. The van der Waals surface area contributed by atoms with Gasteiger partial charge >= 0.3 is 5.97 Å². The molecule has 0 bridgehead atoms. The molecule has 2 N–H and O–H groups in total. The zero-order chi connectivity index (χ0) is 31.2. The van der Waals surface area contributed by atoms with E-state index in [2.05, 4.69) is 34.0 Å². The van der Waals surface area contributed by atoms with E-state index in [1.54, 1.807) is 40.8 Å². The first-order valence-electron chi connectivity index (χ1n) is 15.7. The van der Waals surface area contributed by atoms with Crippen LogP contribution >= 0.6 is 0 Å². The Morgan fingerprint density at radius 3 is 2.42 bits per heavy atom. The van der Waals surface area contributed by atoms with Crippen molar-refractivity contribution < 1.29 is 19.5 Å². The highest BCUT2D eigenvalue weighted by Gasteiger charge is 2.39. The van der Waals surface area contributed by atoms with Crippen LogP contribution in [0.3, 0.4) is 0 Å². The van der Waals surface area contributed by atoms with Crippen molar-refractivity contribution in [3.63, 3.8) is 0 Å². The highest BCUT2D eigenvalue weighted by atomic mass is 16.4. The summed E-state index contributed by atoms with van der Waals surface area (Å²) in [6.07, 6.45) is 7.18. The molecule has 1 atom stereocenters. The second-order valence-electron chi connectivity index (χ2n) is 12.3. The predicted octanol–water partition coefficient (Wildman–Crippen LogP) is 6.66. The summed E-state index contributed by atoms with van der Waals surface area (Å²) < 4.78 is 1.61. The summed E-state index contributed by atoms with van der Waals surface area (Å²) in [4.78, 5) is 40.7. The van der Waals surface area contributed by atoms with Crippen molar-refractivity contribution in [3.8, 4) is 0 Å². The molecule has 7 rings (SSSR count). The van der Waals surface area contributed by atoms with Crippen molar-refractivity contribution >= 4 is 51.4 Å². The Balaban J connectivity index is 1.13. The summed E-state index contributed by atoms with van der Waals surface area (Å²) in [6.45, 7) is 4.98. The van der Waals surface area contributed by atoms with Crippen LogP contribution in [-0.2, 0) is 11.8 Å². The summed E-state index contributed by atoms with van der Waals surface area (Å²) in [5.41, 5.74) is 5.92. The number of anilines is 3. The average Bonchev–Trinajstić information content (AvgIpc) is 3.76. The van der Waals surface area contributed by atoms with E-state index in [0.29, 0.717) is 30.3 Å². The van der Waals surface area contributed by atoms with Gasteiger partial charge in [0, 0.05) is 41.3 Å². The first-order chi connectivity index (χ1) is 21.8. The minimum Gasteiger partial charge on any atom is -0.477 e. The normalized spacial score (nSPS) is 18.5. The van der Waals surface area contributed by atoms with Crippen molar-refractivity contribution in [3.05, 3.63) is 96.2 Å². The lowest BCUT2D eigenvalue weighted by Gasteiger charge is -2.40. The average molecular weight is 604 g/mol. The minimum absolute atomic E-state index is 0.171. The van der Waals surface area contributed by atoms with E-state index in [9.17, 15) is 19.5 Å². The lowest BCUT2D eigenvalue weighted by atomic mass is 9.94. The quantitative estimate of drug-likeness (QED) is 0.256. The van der Waals surface area contributed by atoms with E-state index < -0.39 is 12.0 Å². The van der Waals surface area contributed by atoms with Crippen molar-refractivity contribution in [1.82, 2.24) is 9.47 Å². The maximum absolute atomic E-state index is 14.0. The molecule has 230 valence electrons. The van der Waals surface area contributed by atoms with Crippen LogP contribution in [-0.4, -0.2) is 51.0 Å². The van der Waals surface area contributed by atoms with E-state index in [1.165, 1.54) is 19.3 Å². The molecule has 3 heterocycles. The number of carboxylic acids is 1. The van der Waals surface area contributed by atoms with E-state index in [0.717, 1.165) is 52.8 Å². The van der Waals surface area contributed by atoms with E-state index in [-0.39, 0.29) is 17.5 Å². The molecule has 1 aliphatic carbocycles. The Morgan fingerprint density at radius 1 is 0.889 bits per heavy atom. The molecule has 2 amide bonds. The van der Waals surface area contributed by atoms with Crippen LogP contribution in [0.5, 0.6) is 0 Å². The number of carboxylic acid groups (broad SMARTS) is 1. The number of amides is 2. The molecule has 1 saturated carbocycles. The Labute approximate surface area is 262 Å². The fraction of sp³-hybridized carbons (Fsp3) is 0.306. The van der Waals surface area contributed by atoms with Gasteiger partial charge in [0.05, 0.1) is 23.1 Å². The fourth-order valence-electron chi connectivity index (χ4n) is 7.29. The summed E-state index contributed by atoms with van der Waals surface area (Å²) in [5.74, 6) is -1.43. The van der Waals surface area contributed by atoms with E-state index >= 15 is 0 Å². The summed E-state index contributed by atoms with van der Waals surface area (Å²) in [6, 6.07) is 22.8. The second-order valence-corrected chi connectivity index (χ2v) is 12.3. The number of likely N-dealkylation sites (tertiary alicyclic amines) is 1. The number of hydrogen-bond donors (Lipinski definition) is 2. The van der Waals surface area contributed by atoms with Crippen LogP contribution in [0.25, 0.3) is 16.6 Å². The molecule has 1 saturated heterocycles. The smallest absolute Gasteiger partial charge is 0.352 e. The zero-order valence-corrected chi connectivity index (χ0v) is 25.4. The second kappa shape index (κ2) is 11.5. The highest BCUT2D eigenvalue weighted by molar-refractivity contribution is 6.04. The molecule has 1 aromatic heterocycles. The van der Waals surface area contributed by atoms with Crippen LogP contribution < -0.4 is 15.3 Å². The number of aromatic carboxylic acids is 1. The summed E-state index contributed by atoms with van der Waals surface area (Å²) in [7, 11) is 1.70. The predicted molar refractivity (Wildman–Crippen MR) is 176 cm³/mol. The van der Waals surface area contributed by atoms with Gasteiger partial charge in [-0.05, 0) is 80.3 Å². The lowest BCUT2D eigenvalue weighted by molar-refractivity contribution is -0.119. The number of carbonyl (C=O) groups is 3. The van der Waals surface area contributed by atoms with Crippen molar-refractivity contribution in [2.24, 2.45) is 7.05 Å². The maximum atomic E-state index is 14.0. The monoisotopic (exact) mass is 603 g/mol. The van der Waals surface area contributed by atoms with Gasteiger partial charge in [0.25, 0.3) is 5.91 Å². The molecule has 45 heavy (non-hydrogen) atoms. The van der Waals surface area contributed by atoms with Crippen LogP contribution in [0.1, 0.15) is 71.4 Å². The lowest BCUT2D eigenvalue weighted by Crippen LogP contribution is -2.45. The van der Waals surface area contributed by atoms with Crippen molar-refractivity contribution in [2.45, 2.75) is 57.0 Å². The van der Waals surface area contributed by atoms with Crippen LogP contribution in [0, 0.1) is 0 Å². The molecule has 9 nitrogen and oxygen atoms in total. The molecule has 2 aliphatic heterocycles. The molecule has 0 radical (unpaired) electrons. The minimum atomic E-state index is -1.01. The molecule has 0 spiro atoms. The van der Waals surface area contributed by atoms with Crippen molar-refractivity contribution in [1.29, 1.82) is 0 Å². The SMILES string of the molecule is C=C1c2cc(C(=O)N3CCC[C@H]3C(=O)Nc3ccc4c(c3)cc(C(=O)O)n4C)ccc2N(C2CCCCC2)N1c1ccccc1. The number of hydrogen-bond acceptors (Lipinski definition) is 5. The van der Waals surface area contributed by atoms with Crippen molar-refractivity contribution in [2.75, 3.05) is 21.9 Å². The molecule has 2 fully saturated rings. The molecular formula is C36H37N5O4. The third-order valence-corrected chi connectivity index (χ3v) is 9.54. The Kier molecular flexibility index (Phi) is 7.31. The number of nitrogens with one attached hydrogen (secondary N) is 1. The maximum Gasteiger partial charge on any atom is 0.352 e. The number of nitrogens with zero attached hydrogens (tertiary/aromatic N) is 4. The molecule has 3 aliphatic rings. The Bertz CT molecular complexity index is 1820. The molecule has 0 unspecified atom stereocenters. The van der Waals surface area contributed by atoms with Gasteiger partial charge in [-0.2, -0.15) is 0 Å². The number of fused-ring (bicyclic) bond motifs is 2. The van der Waals surface area contributed by atoms with Crippen LogP contribution in [0.15, 0.2) is 79.4 Å². The number of hydrazine groups is 1. The summed E-state index contributed by atoms with van der Waals surface area (Å²) >= 11 is 0. The Hall–Kier alpha value is -5.05. The standard InChI is InChI=1S/C36H37N5O4/c1-23-29-21-24(15-17-31(29)41(28-12-7-4-8-13-28)40(23)27-10-5-3-6-11-27)35(43)39-19-9-14-32(39)34(42)37-26-16-18-30-25(20-26)22-33(36(44)45)38(30)2/h3,5-6,10-11,15-18,20-22,28,32H,1,4,7-9,12-14,19H2,2H3,(H,37,42)(H,44,45)/t32-/m0/s1. The molecule has 9 heteroatoms. The van der Waals surface area contributed by atoms with Gasteiger partial charge in [-0.1, -0.05) is 44.0 Å². The van der Waals surface area contributed by atoms with Gasteiger partial charge in [0.15, 0.2) is 0 Å². The Morgan fingerprint density at radius 2 is 1.67 bits per heavy atom. The number of benzene rings is 3. The molecular weight excluding hydrogens is 566 g/mol. The highest BCUT2D eigenvalue weighted by Crippen LogP contribution is 2.45. The topological polar surface area (TPSA) is 98.1 Å². The largest absolute Gasteiger partial charge is 0.477 e. The van der Waals surface area contributed by atoms with Gasteiger partial charge in [0.2, 0.25) is 5.91 Å². The van der Waals surface area contributed by atoms with Gasteiger partial charge in [-0.15, -0.1) is 0 Å². The number of carbonyl (C=O) groups excluding carboxylic acids is 2. The van der Waals surface area contributed by atoms with Gasteiger partial charge < -0.3 is 19.9 Å². The number of rotatable bonds is 6. The first-order valence-corrected chi connectivity index (χ1v) is 15.7. The zero-order valence-electron chi connectivity index (χ0n) is 25.4. The third-order valence-electron chi connectivity index (χ3n) is 9.54. The summed E-state index contributed by atoms with van der Waals surface area (Å²) in [5, 5.41) is 17.7. The van der Waals surface area contributed by atoms with E-state index in [1.807, 2.05) is 36.4 Å². The molecule has 4 aromatic rings. The van der Waals surface area contributed by atoms with Crippen LogP contribution in [0.4, 0.5) is 17.1 Å². The van der Waals surface area contributed by atoms with Gasteiger partial charge in [-0.25, -0.2) is 4.79 Å². The van der Waals surface area contributed by atoms with Gasteiger partial charge in [-0.3, -0.25) is 19.6 Å². The third kappa shape index (κ3) is 5.02. The number of aromatic nitrogens is 1.